The zero-order chi connectivity index (χ0) is 7.98. The van der Waals surface area contributed by atoms with Crippen molar-refractivity contribution < 1.29 is 8.78 Å². The minimum Gasteiger partial charge on any atom is -0.402 e. The van der Waals surface area contributed by atoms with Crippen LogP contribution in [0.15, 0.2) is 16.8 Å². The second kappa shape index (κ2) is 4.90. The van der Waals surface area contributed by atoms with Crippen LogP contribution < -0.4 is 5.73 Å². The molecule has 0 unspecified atom stereocenters. The van der Waals surface area contributed by atoms with E-state index in [1.165, 1.54) is 12.3 Å². The Kier molecular flexibility index (Phi) is 4.45. The van der Waals surface area contributed by atoms with Gasteiger partial charge in [0, 0.05) is 11.9 Å². The lowest BCUT2D eigenvalue weighted by atomic mass is 10.5. The fourth-order valence-electron chi connectivity index (χ4n) is 0.311. The van der Waals surface area contributed by atoms with Gasteiger partial charge in [0.15, 0.2) is 0 Å². The molecule has 0 rings (SSSR count). The van der Waals surface area contributed by atoms with Crippen LogP contribution >= 0.6 is 0 Å². The van der Waals surface area contributed by atoms with Crippen molar-refractivity contribution in [2.45, 2.75) is 13.3 Å². The summed E-state index contributed by atoms with van der Waals surface area (Å²) in [6.45, 7) is 1.21. The number of hydrogen-bond donors (Lipinski definition) is 1. The molecule has 0 aliphatic rings. The monoisotopic (exact) mass is 148 g/mol. The number of hydrogen-bond acceptors (Lipinski definition) is 2. The molecule has 0 bridgehead atoms. The maximum absolute atomic E-state index is 11.4. The third-order valence-electron chi connectivity index (χ3n) is 0.686. The summed E-state index contributed by atoms with van der Waals surface area (Å²) in [6.07, 6.45) is 0.381. The summed E-state index contributed by atoms with van der Waals surface area (Å²) < 4.78 is 22.8. The SMILES string of the molecule is C/C(N)=C/C=NCC(F)F. The van der Waals surface area contributed by atoms with Crippen LogP contribution in [0.4, 0.5) is 8.78 Å². The van der Waals surface area contributed by atoms with Crippen LogP contribution in [0.5, 0.6) is 0 Å². The molecule has 0 heterocycles. The highest BCUT2D eigenvalue weighted by Crippen LogP contribution is 1.90. The average molecular weight is 148 g/mol. The summed E-state index contributed by atoms with van der Waals surface area (Å²) in [5, 5.41) is 0. The van der Waals surface area contributed by atoms with E-state index in [0.717, 1.165) is 0 Å². The van der Waals surface area contributed by atoms with Crippen molar-refractivity contribution in [3.05, 3.63) is 11.8 Å². The molecule has 58 valence electrons. The molecule has 0 saturated carbocycles. The van der Waals surface area contributed by atoms with Gasteiger partial charge < -0.3 is 5.73 Å². The van der Waals surface area contributed by atoms with E-state index in [4.69, 9.17) is 5.73 Å². The van der Waals surface area contributed by atoms with Gasteiger partial charge in [-0.15, -0.1) is 0 Å². The van der Waals surface area contributed by atoms with Gasteiger partial charge in [0.1, 0.15) is 0 Å². The smallest absolute Gasteiger partial charge is 0.257 e. The molecular weight excluding hydrogens is 138 g/mol. The fourth-order valence-corrected chi connectivity index (χ4v) is 0.311. The van der Waals surface area contributed by atoms with Crippen molar-refractivity contribution in [1.82, 2.24) is 0 Å². The number of alkyl halides is 2. The molecule has 0 aromatic carbocycles. The van der Waals surface area contributed by atoms with Crippen molar-refractivity contribution in [3.8, 4) is 0 Å². The third-order valence-corrected chi connectivity index (χ3v) is 0.686. The molecule has 4 heteroatoms. The molecule has 0 aromatic rings. The Morgan fingerprint density at radius 3 is 2.70 bits per heavy atom. The molecule has 0 saturated heterocycles. The molecule has 2 nitrogen and oxygen atoms in total. The fraction of sp³-hybridized carbons (Fsp3) is 0.500. The Bertz CT molecular complexity index is 137. The second-order valence-electron chi connectivity index (χ2n) is 1.82. The predicted molar refractivity (Wildman–Crippen MR) is 37.3 cm³/mol. The first-order chi connectivity index (χ1) is 4.63. The molecule has 0 aromatic heterocycles. The summed E-state index contributed by atoms with van der Waals surface area (Å²) in [6, 6.07) is 0. The quantitative estimate of drug-likeness (QED) is 0.600. The molecule has 10 heavy (non-hydrogen) atoms. The maximum Gasteiger partial charge on any atom is 0.257 e. The number of halogens is 2. The van der Waals surface area contributed by atoms with E-state index in [1.54, 1.807) is 6.92 Å². The average Bonchev–Trinajstić information content (AvgIpc) is 1.79. The lowest BCUT2D eigenvalue weighted by Crippen LogP contribution is -1.95. The van der Waals surface area contributed by atoms with E-state index >= 15 is 0 Å². The van der Waals surface area contributed by atoms with Gasteiger partial charge in [-0.1, -0.05) is 0 Å². The molecule has 0 amide bonds. The Labute approximate surface area is 58.4 Å². The van der Waals surface area contributed by atoms with Gasteiger partial charge in [0.25, 0.3) is 6.43 Å². The van der Waals surface area contributed by atoms with Crippen LogP contribution in [-0.4, -0.2) is 19.2 Å². The number of nitrogens with zero attached hydrogens (tertiary/aromatic N) is 1. The highest BCUT2D eigenvalue weighted by atomic mass is 19.3. The zero-order valence-electron chi connectivity index (χ0n) is 5.72. The van der Waals surface area contributed by atoms with Crippen molar-refractivity contribution >= 4 is 6.21 Å². The van der Waals surface area contributed by atoms with Crippen LogP contribution in [0.2, 0.25) is 0 Å². The van der Waals surface area contributed by atoms with Crippen LogP contribution in [-0.2, 0) is 0 Å². The molecule has 0 atom stereocenters. The molecule has 0 fully saturated rings. The molecule has 0 spiro atoms. The normalized spacial score (nSPS) is 13.4. The summed E-state index contributed by atoms with van der Waals surface area (Å²) in [4.78, 5) is 3.38. The number of rotatable bonds is 3. The molecule has 0 aliphatic heterocycles. The van der Waals surface area contributed by atoms with Crippen molar-refractivity contribution in [1.29, 1.82) is 0 Å². The minimum atomic E-state index is -2.37. The summed E-state index contributed by atoms with van der Waals surface area (Å²) in [7, 11) is 0. The van der Waals surface area contributed by atoms with Gasteiger partial charge in [-0.2, -0.15) is 0 Å². The zero-order valence-corrected chi connectivity index (χ0v) is 5.72. The van der Waals surface area contributed by atoms with E-state index in [9.17, 15) is 8.78 Å². The predicted octanol–water partition coefficient (Wildman–Crippen LogP) is 1.18. The van der Waals surface area contributed by atoms with Gasteiger partial charge in [0.05, 0.1) is 6.54 Å². The van der Waals surface area contributed by atoms with Crippen LogP contribution in [0.3, 0.4) is 0 Å². The summed E-state index contributed by atoms with van der Waals surface area (Å²) >= 11 is 0. The van der Waals surface area contributed by atoms with Crippen molar-refractivity contribution in [2.75, 3.05) is 6.54 Å². The van der Waals surface area contributed by atoms with E-state index in [1.807, 2.05) is 0 Å². The van der Waals surface area contributed by atoms with Crippen LogP contribution in [0, 0.1) is 0 Å². The standard InChI is InChI=1S/C6H10F2N2/c1-5(9)2-3-10-4-6(7)8/h2-3,6H,4,9H2,1H3/b5-2-,10-3?. The molecule has 0 aliphatic carbocycles. The van der Waals surface area contributed by atoms with Crippen molar-refractivity contribution in [3.63, 3.8) is 0 Å². The third kappa shape index (κ3) is 7.07. The van der Waals surface area contributed by atoms with Gasteiger partial charge >= 0.3 is 0 Å². The Morgan fingerprint density at radius 2 is 2.30 bits per heavy atom. The summed E-state index contributed by atoms with van der Waals surface area (Å²) in [5.41, 5.74) is 5.75. The lowest BCUT2D eigenvalue weighted by molar-refractivity contribution is 0.159. The van der Waals surface area contributed by atoms with Crippen LogP contribution in [0.25, 0.3) is 0 Å². The molecule has 2 N–H and O–H groups in total. The van der Waals surface area contributed by atoms with E-state index in [0.29, 0.717) is 5.70 Å². The Balaban J connectivity index is 3.48. The molecule has 0 radical (unpaired) electrons. The first-order valence-electron chi connectivity index (χ1n) is 2.83. The van der Waals surface area contributed by atoms with Gasteiger partial charge in [-0.05, 0) is 13.0 Å². The van der Waals surface area contributed by atoms with Crippen LogP contribution in [0.1, 0.15) is 6.92 Å². The lowest BCUT2D eigenvalue weighted by Gasteiger charge is -1.88. The van der Waals surface area contributed by atoms with E-state index in [-0.39, 0.29) is 0 Å². The summed E-state index contributed by atoms with van der Waals surface area (Å²) in [5.74, 6) is 0. The first kappa shape index (κ1) is 9.07. The minimum absolute atomic E-state index is 0.455. The Hall–Kier alpha value is -0.930. The maximum atomic E-state index is 11.4. The largest absolute Gasteiger partial charge is 0.402 e. The number of nitrogens with two attached hydrogens (primary N) is 1. The van der Waals surface area contributed by atoms with Crippen molar-refractivity contribution in [2.24, 2.45) is 10.7 Å². The number of aliphatic imine (C=N–C) groups is 1. The van der Waals surface area contributed by atoms with Gasteiger partial charge in [-0.25, -0.2) is 8.78 Å². The second-order valence-corrected chi connectivity index (χ2v) is 1.82. The van der Waals surface area contributed by atoms with E-state index in [2.05, 4.69) is 4.99 Å². The Morgan fingerprint density at radius 1 is 1.70 bits per heavy atom. The first-order valence-corrected chi connectivity index (χ1v) is 2.83. The van der Waals surface area contributed by atoms with Gasteiger partial charge in [-0.3, -0.25) is 4.99 Å². The van der Waals surface area contributed by atoms with E-state index < -0.39 is 13.0 Å². The topological polar surface area (TPSA) is 38.4 Å². The number of allylic oxidation sites excluding steroid dienone is 2. The molecular formula is C6H10F2N2. The van der Waals surface area contributed by atoms with Gasteiger partial charge in [0.2, 0.25) is 0 Å². The highest BCUT2D eigenvalue weighted by molar-refractivity contribution is 5.71. The highest BCUT2D eigenvalue weighted by Gasteiger charge is 1.95.